The third kappa shape index (κ3) is 4.83. The lowest BCUT2D eigenvalue weighted by Gasteiger charge is -2.19. The highest BCUT2D eigenvalue weighted by Gasteiger charge is 2.34. The monoisotopic (exact) mass is 339 g/mol. The summed E-state index contributed by atoms with van der Waals surface area (Å²) in [4.78, 5) is 13.9. The van der Waals surface area contributed by atoms with Crippen LogP contribution in [0.4, 0.5) is 5.69 Å². The van der Waals surface area contributed by atoms with E-state index in [1.54, 1.807) is 7.11 Å². The first-order valence-electron chi connectivity index (χ1n) is 8.90. The number of rotatable bonds is 7. The first kappa shape index (κ1) is 17.5. The van der Waals surface area contributed by atoms with E-state index in [-0.39, 0.29) is 5.91 Å². The molecule has 132 valence electrons. The van der Waals surface area contributed by atoms with E-state index in [9.17, 15) is 4.79 Å². The second kappa shape index (κ2) is 7.70. The lowest BCUT2D eigenvalue weighted by molar-refractivity contribution is -0.916. The van der Waals surface area contributed by atoms with Crippen molar-refractivity contribution >= 4 is 11.6 Å². The fraction of sp³-hybridized carbons (Fsp3) is 0.381. The van der Waals surface area contributed by atoms with Gasteiger partial charge in [0.25, 0.3) is 5.91 Å². The highest BCUT2D eigenvalue weighted by atomic mass is 16.5. The normalized spacial score (nSPS) is 14.8. The Morgan fingerprint density at radius 1 is 1.16 bits per heavy atom. The zero-order chi connectivity index (χ0) is 17.8. The molecule has 2 aromatic rings. The van der Waals surface area contributed by atoms with E-state index in [4.69, 9.17) is 4.74 Å². The zero-order valence-electron chi connectivity index (χ0n) is 15.3. The Bertz CT molecular complexity index is 736. The van der Waals surface area contributed by atoms with Crippen LogP contribution in [0.1, 0.15) is 29.5 Å². The summed E-state index contributed by atoms with van der Waals surface area (Å²) in [5.41, 5.74) is 4.47. The summed E-state index contributed by atoms with van der Waals surface area (Å²) < 4.78 is 5.21. The number of quaternary nitrogens is 1. The van der Waals surface area contributed by atoms with Crippen LogP contribution >= 0.6 is 0 Å². The maximum atomic E-state index is 12.5. The highest BCUT2D eigenvalue weighted by molar-refractivity contribution is 5.92. The molecule has 3 rings (SSSR count). The SMILES string of the molecule is COc1ccc(C[NH+](CC(=O)Nc2ccc(C)cc2C)C2CC2)cc1. The van der Waals surface area contributed by atoms with E-state index in [0.717, 1.165) is 23.5 Å². The number of methoxy groups -OCH3 is 1. The van der Waals surface area contributed by atoms with Gasteiger partial charge < -0.3 is 15.0 Å². The maximum Gasteiger partial charge on any atom is 0.279 e. The third-order valence-electron chi connectivity index (χ3n) is 4.79. The number of aryl methyl sites for hydroxylation is 2. The van der Waals surface area contributed by atoms with Crippen molar-refractivity contribution in [2.75, 3.05) is 19.0 Å². The van der Waals surface area contributed by atoms with Crippen molar-refractivity contribution in [1.29, 1.82) is 0 Å². The van der Waals surface area contributed by atoms with Gasteiger partial charge in [-0.2, -0.15) is 0 Å². The summed E-state index contributed by atoms with van der Waals surface area (Å²) >= 11 is 0. The molecule has 1 aliphatic rings. The highest BCUT2D eigenvalue weighted by Crippen LogP contribution is 2.18. The van der Waals surface area contributed by atoms with Gasteiger partial charge in [-0.3, -0.25) is 4.79 Å². The Morgan fingerprint density at radius 2 is 1.88 bits per heavy atom. The Labute approximate surface area is 149 Å². The van der Waals surface area contributed by atoms with Gasteiger partial charge in [0, 0.05) is 24.1 Å². The summed E-state index contributed by atoms with van der Waals surface area (Å²) in [5.74, 6) is 0.951. The second-order valence-corrected chi connectivity index (χ2v) is 7.00. The molecule has 0 aliphatic heterocycles. The molecule has 0 heterocycles. The van der Waals surface area contributed by atoms with Crippen LogP contribution in [-0.4, -0.2) is 25.6 Å². The predicted molar refractivity (Wildman–Crippen MR) is 100 cm³/mol. The van der Waals surface area contributed by atoms with Crippen LogP contribution in [0.15, 0.2) is 42.5 Å². The van der Waals surface area contributed by atoms with E-state index >= 15 is 0 Å². The fourth-order valence-corrected chi connectivity index (χ4v) is 3.20. The van der Waals surface area contributed by atoms with Gasteiger partial charge >= 0.3 is 0 Å². The molecule has 25 heavy (non-hydrogen) atoms. The van der Waals surface area contributed by atoms with E-state index in [0.29, 0.717) is 12.6 Å². The van der Waals surface area contributed by atoms with Crippen LogP contribution in [0.3, 0.4) is 0 Å². The molecule has 1 aliphatic carbocycles. The van der Waals surface area contributed by atoms with Crippen molar-refractivity contribution < 1.29 is 14.4 Å². The van der Waals surface area contributed by atoms with Crippen LogP contribution in [0.5, 0.6) is 5.75 Å². The minimum Gasteiger partial charge on any atom is -0.497 e. The van der Waals surface area contributed by atoms with E-state index in [1.807, 2.05) is 31.2 Å². The van der Waals surface area contributed by atoms with E-state index < -0.39 is 0 Å². The number of benzene rings is 2. The number of amides is 1. The van der Waals surface area contributed by atoms with Gasteiger partial charge in [0.2, 0.25) is 0 Å². The van der Waals surface area contributed by atoms with Gasteiger partial charge in [-0.15, -0.1) is 0 Å². The van der Waals surface area contributed by atoms with Gasteiger partial charge in [-0.25, -0.2) is 0 Å². The van der Waals surface area contributed by atoms with Crippen LogP contribution in [0, 0.1) is 13.8 Å². The van der Waals surface area contributed by atoms with E-state index in [2.05, 4.69) is 30.4 Å². The minimum atomic E-state index is 0.0855. The Hall–Kier alpha value is -2.33. The Balaban J connectivity index is 1.62. The molecule has 1 amide bonds. The van der Waals surface area contributed by atoms with E-state index in [1.165, 1.54) is 28.9 Å². The van der Waals surface area contributed by atoms with Crippen molar-refractivity contribution in [3.8, 4) is 5.75 Å². The van der Waals surface area contributed by atoms with Crippen LogP contribution in [0.2, 0.25) is 0 Å². The molecular formula is C21H27N2O2+. The number of ether oxygens (including phenoxy) is 1. The van der Waals surface area contributed by atoms with Gasteiger partial charge in [0.15, 0.2) is 6.54 Å². The second-order valence-electron chi connectivity index (χ2n) is 7.00. The molecule has 1 saturated carbocycles. The summed E-state index contributed by atoms with van der Waals surface area (Å²) in [6.45, 7) is 5.47. The van der Waals surface area contributed by atoms with Gasteiger partial charge in [0.1, 0.15) is 12.3 Å². The van der Waals surface area contributed by atoms with Crippen molar-refractivity contribution in [2.45, 2.75) is 39.3 Å². The molecule has 1 atom stereocenters. The number of hydrogen-bond acceptors (Lipinski definition) is 2. The Kier molecular flexibility index (Phi) is 5.39. The molecule has 0 saturated heterocycles. The Morgan fingerprint density at radius 3 is 2.48 bits per heavy atom. The molecule has 2 aromatic carbocycles. The minimum absolute atomic E-state index is 0.0855. The van der Waals surface area contributed by atoms with Crippen LogP contribution < -0.4 is 15.0 Å². The molecule has 0 spiro atoms. The zero-order valence-corrected chi connectivity index (χ0v) is 15.3. The fourth-order valence-electron chi connectivity index (χ4n) is 3.20. The van der Waals surface area contributed by atoms with Gasteiger partial charge in [-0.05, 0) is 49.7 Å². The molecule has 0 bridgehead atoms. The average molecular weight is 339 g/mol. The summed E-state index contributed by atoms with van der Waals surface area (Å²) in [6, 6.07) is 14.9. The van der Waals surface area contributed by atoms with Crippen molar-refractivity contribution in [3.05, 3.63) is 59.2 Å². The van der Waals surface area contributed by atoms with Crippen molar-refractivity contribution in [3.63, 3.8) is 0 Å². The molecule has 0 radical (unpaired) electrons. The standard InChI is InChI=1S/C21H26N2O2/c1-15-4-11-20(16(2)12-15)22-21(24)14-23(18-7-8-18)13-17-5-9-19(25-3)10-6-17/h4-6,9-12,18H,7-8,13-14H2,1-3H3,(H,22,24)/p+1. The number of hydrogen-bond donors (Lipinski definition) is 2. The van der Waals surface area contributed by atoms with Crippen LogP contribution in [0.25, 0.3) is 0 Å². The van der Waals surface area contributed by atoms with Crippen molar-refractivity contribution in [1.82, 2.24) is 0 Å². The van der Waals surface area contributed by atoms with Crippen LogP contribution in [-0.2, 0) is 11.3 Å². The first-order valence-corrected chi connectivity index (χ1v) is 8.90. The van der Waals surface area contributed by atoms with Gasteiger partial charge in [-0.1, -0.05) is 17.7 Å². The molecule has 1 fully saturated rings. The molecule has 4 heteroatoms. The summed E-state index contributed by atoms with van der Waals surface area (Å²) in [5, 5.41) is 3.07. The maximum absolute atomic E-state index is 12.5. The number of anilines is 1. The van der Waals surface area contributed by atoms with Crippen molar-refractivity contribution in [2.24, 2.45) is 0 Å². The topological polar surface area (TPSA) is 42.8 Å². The number of nitrogens with one attached hydrogen (secondary N) is 2. The number of carbonyl (C=O) groups excluding carboxylic acids is 1. The quantitative estimate of drug-likeness (QED) is 0.814. The largest absolute Gasteiger partial charge is 0.497 e. The smallest absolute Gasteiger partial charge is 0.279 e. The molecule has 1 unspecified atom stereocenters. The molecular weight excluding hydrogens is 312 g/mol. The first-order chi connectivity index (χ1) is 12.0. The molecule has 2 N–H and O–H groups in total. The third-order valence-corrected chi connectivity index (χ3v) is 4.79. The predicted octanol–water partition coefficient (Wildman–Crippen LogP) is 2.50. The molecule has 0 aromatic heterocycles. The van der Waals surface area contributed by atoms with Gasteiger partial charge in [0.05, 0.1) is 13.2 Å². The summed E-state index contributed by atoms with van der Waals surface area (Å²) in [6.07, 6.45) is 2.42. The lowest BCUT2D eigenvalue weighted by atomic mass is 10.1. The number of carbonyl (C=O) groups is 1. The molecule has 4 nitrogen and oxygen atoms in total. The lowest BCUT2D eigenvalue weighted by Crippen LogP contribution is -3.13. The summed E-state index contributed by atoms with van der Waals surface area (Å²) in [7, 11) is 1.67. The average Bonchev–Trinajstić information content (AvgIpc) is 3.42.